The highest BCUT2D eigenvalue weighted by Crippen LogP contribution is 2.21. The second-order valence-corrected chi connectivity index (χ2v) is 6.12. The fraction of sp³-hybridized carbons (Fsp3) is 0.316. The van der Waals surface area contributed by atoms with Gasteiger partial charge in [-0.05, 0) is 31.9 Å². The van der Waals surface area contributed by atoms with E-state index < -0.39 is 0 Å². The first-order valence-corrected chi connectivity index (χ1v) is 8.22. The van der Waals surface area contributed by atoms with Crippen molar-refractivity contribution in [2.24, 2.45) is 0 Å². The molecule has 0 aliphatic carbocycles. The Labute approximate surface area is 141 Å². The summed E-state index contributed by atoms with van der Waals surface area (Å²) in [5, 5.41) is 4.04. The zero-order valence-electron chi connectivity index (χ0n) is 14.3. The normalized spacial score (nSPS) is 12.3. The van der Waals surface area contributed by atoms with Crippen molar-refractivity contribution in [1.82, 2.24) is 19.9 Å². The Kier molecular flexibility index (Phi) is 4.60. The Balaban J connectivity index is 1.89. The minimum Gasteiger partial charge on any atom is -0.347 e. The molecule has 5 heteroatoms. The van der Waals surface area contributed by atoms with Crippen LogP contribution in [-0.4, -0.2) is 26.5 Å². The Morgan fingerprint density at radius 3 is 2.88 bits per heavy atom. The van der Waals surface area contributed by atoms with Gasteiger partial charge in [0.15, 0.2) is 0 Å². The molecular formula is C19H22N4O. The van der Waals surface area contributed by atoms with Gasteiger partial charge < -0.3 is 9.88 Å². The van der Waals surface area contributed by atoms with E-state index in [-0.39, 0.29) is 11.9 Å². The molecule has 0 fully saturated rings. The number of aryl methyl sites for hydroxylation is 2. The SMILES string of the molecule is CC[C@@H](Cn1ccnc1)NC(=O)c1cc(C)nc2c(C)cccc12. The van der Waals surface area contributed by atoms with Crippen LogP contribution in [0.3, 0.4) is 0 Å². The fourth-order valence-electron chi connectivity index (χ4n) is 2.90. The van der Waals surface area contributed by atoms with Crippen molar-refractivity contribution in [1.29, 1.82) is 0 Å². The van der Waals surface area contributed by atoms with Crippen LogP contribution in [0.1, 0.15) is 35.0 Å². The fourth-order valence-corrected chi connectivity index (χ4v) is 2.90. The van der Waals surface area contributed by atoms with Crippen molar-refractivity contribution >= 4 is 16.8 Å². The van der Waals surface area contributed by atoms with Gasteiger partial charge in [0.1, 0.15) is 0 Å². The molecule has 0 aliphatic rings. The first-order valence-electron chi connectivity index (χ1n) is 8.22. The van der Waals surface area contributed by atoms with Gasteiger partial charge in [0.25, 0.3) is 5.91 Å². The van der Waals surface area contributed by atoms with E-state index in [9.17, 15) is 4.79 Å². The molecule has 1 atom stereocenters. The average molecular weight is 322 g/mol. The number of benzene rings is 1. The Hall–Kier alpha value is -2.69. The number of fused-ring (bicyclic) bond motifs is 1. The molecule has 0 spiro atoms. The number of hydrogen-bond acceptors (Lipinski definition) is 3. The lowest BCUT2D eigenvalue weighted by molar-refractivity contribution is 0.0933. The van der Waals surface area contributed by atoms with E-state index in [2.05, 4.69) is 22.2 Å². The Bertz CT molecular complexity index is 855. The van der Waals surface area contributed by atoms with E-state index in [4.69, 9.17) is 0 Å². The highest BCUT2D eigenvalue weighted by Gasteiger charge is 2.16. The van der Waals surface area contributed by atoms with E-state index in [1.807, 2.05) is 48.9 Å². The van der Waals surface area contributed by atoms with Gasteiger partial charge in [-0.25, -0.2) is 4.98 Å². The van der Waals surface area contributed by atoms with Crippen molar-refractivity contribution in [2.75, 3.05) is 0 Å². The molecule has 0 radical (unpaired) electrons. The van der Waals surface area contributed by atoms with Crippen LogP contribution in [0.25, 0.3) is 10.9 Å². The molecule has 0 bridgehead atoms. The Morgan fingerprint density at radius 1 is 1.33 bits per heavy atom. The number of pyridine rings is 1. The van der Waals surface area contributed by atoms with Gasteiger partial charge in [-0.1, -0.05) is 25.1 Å². The van der Waals surface area contributed by atoms with Crippen LogP contribution in [0, 0.1) is 13.8 Å². The van der Waals surface area contributed by atoms with Gasteiger partial charge in [0, 0.05) is 36.1 Å². The number of nitrogens with one attached hydrogen (secondary N) is 1. The quantitative estimate of drug-likeness (QED) is 0.784. The molecule has 3 aromatic rings. The highest BCUT2D eigenvalue weighted by atomic mass is 16.1. The predicted molar refractivity (Wildman–Crippen MR) is 95.0 cm³/mol. The molecule has 5 nitrogen and oxygen atoms in total. The van der Waals surface area contributed by atoms with Crippen LogP contribution in [0.2, 0.25) is 0 Å². The number of carbonyl (C=O) groups is 1. The number of rotatable bonds is 5. The van der Waals surface area contributed by atoms with Crippen molar-refractivity contribution in [3.05, 3.63) is 59.8 Å². The second kappa shape index (κ2) is 6.83. The summed E-state index contributed by atoms with van der Waals surface area (Å²) in [4.78, 5) is 21.5. The Morgan fingerprint density at radius 2 is 2.17 bits per heavy atom. The first-order chi connectivity index (χ1) is 11.6. The zero-order chi connectivity index (χ0) is 17.1. The number of carbonyl (C=O) groups excluding carboxylic acids is 1. The summed E-state index contributed by atoms with van der Waals surface area (Å²) in [6, 6.07) is 7.86. The van der Waals surface area contributed by atoms with Crippen molar-refractivity contribution in [3.8, 4) is 0 Å². The number of amides is 1. The summed E-state index contributed by atoms with van der Waals surface area (Å²) in [7, 11) is 0. The number of hydrogen-bond donors (Lipinski definition) is 1. The summed E-state index contributed by atoms with van der Waals surface area (Å²) in [6.07, 6.45) is 6.27. The minimum atomic E-state index is -0.0527. The molecule has 2 aromatic heterocycles. The summed E-state index contributed by atoms with van der Waals surface area (Å²) < 4.78 is 1.98. The summed E-state index contributed by atoms with van der Waals surface area (Å²) in [6.45, 7) is 6.72. The smallest absolute Gasteiger partial charge is 0.252 e. The summed E-state index contributed by atoms with van der Waals surface area (Å²) in [5.41, 5.74) is 3.51. The maximum Gasteiger partial charge on any atom is 0.252 e. The van der Waals surface area contributed by atoms with Crippen LogP contribution in [0.5, 0.6) is 0 Å². The molecule has 0 aliphatic heterocycles. The lowest BCUT2D eigenvalue weighted by atomic mass is 10.0. The van der Waals surface area contributed by atoms with E-state index in [1.165, 1.54) is 0 Å². The molecule has 1 amide bonds. The number of nitrogens with zero attached hydrogens (tertiary/aromatic N) is 3. The van der Waals surface area contributed by atoms with E-state index in [0.29, 0.717) is 12.1 Å². The minimum absolute atomic E-state index is 0.0527. The van der Waals surface area contributed by atoms with Gasteiger partial charge in [-0.15, -0.1) is 0 Å². The summed E-state index contributed by atoms with van der Waals surface area (Å²) >= 11 is 0. The number of aromatic nitrogens is 3. The second-order valence-electron chi connectivity index (χ2n) is 6.12. The topological polar surface area (TPSA) is 59.8 Å². The van der Waals surface area contributed by atoms with Gasteiger partial charge in [0.05, 0.1) is 17.4 Å². The third kappa shape index (κ3) is 3.30. The van der Waals surface area contributed by atoms with Crippen molar-refractivity contribution in [2.45, 2.75) is 39.8 Å². The number of imidazole rings is 1. The van der Waals surface area contributed by atoms with E-state index in [0.717, 1.165) is 28.6 Å². The van der Waals surface area contributed by atoms with Crippen LogP contribution < -0.4 is 5.32 Å². The largest absolute Gasteiger partial charge is 0.347 e. The predicted octanol–water partition coefficient (Wildman–Crippen LogP) is 3.26. The third-order valence-corrected chi connectivity index (χ3v) is 4.23. The maximum absolute atomic E-state index is 12.9. The van der Waals surface area contributed by atoms with E-state index >= 15 is 0 Å². The molecule has 2 heterocycles. The molecule has 124 valence electrons. The lowest BCUT2D eigenvalue weighted by Gasteiger charge is -2.18. The first kappa shape index (κ1) is 16.2. The summed E-state index contributed by atoms with van der Waals surface area (Å²) in [5.74, 6) is -0.0527. The van der Waals surface area contributed by atoms with Gasteiger partial charge in [-0.3, -0.25) is 9.78 Å². The van der Waals surface area contributed by atoms with E-state index in [1.54, 1.807) is 12.5 Å². The number of para-hydroxylation sites is 1. The third-order valence-electron chi connectivity index (χ3n) is 4.23. The zero-order valence-corrected chi connectivity index (χ0v) is 14.3. The molecule has 0 unspecified atom stereocenters. The van der Waals surface area contributed by atoms with Gasteiger partial charge >= 0.3 is 0 Å². The molecule has 0 saturated carbocycles. The molecular weight excluding hydrogens is 300 g/mol. The molecule has 3 rings (SSSR count). The maximum atomic E-state index is 12.9. The average Bonchev–Trinajstić information content (AvgIpc) is 3.07. The van der Waals surface area contributed by atoms with Crippen LogP contribution in [0.15, 0.2) is 43.0 Å². The molecule has 1 N–H and O–H groups in total. The molecule has 0 saturated heterocycles. The van der Waals surface area contributed by atoms with Crippen LogP contribution in [-0.2, 0) is 6.54 Å². The lowest BCUT2D eigenvalue weighted by Crippen LogP contribution is -2.37. The van der Waals surface area contributed by atoms with Gasteiger partial charge in [0.2, 0.25) is 0 Å². The van der Waals surface area contributed by atoms with Crippen molar-refractivity contribution < 1.29 is 4.79 Å². The van der Waals surface area contributed by atoms with Crippen LogP contribution >= 0.6 is 0 Å². The van der Waals surface area contributed by atoms with Crippen molar-refractivity contribution in [3.63, 3.8) is 0 Å². The monoisotopic (exact) mass is 322 g/mol. The van der Waals surface area contributed by atoms with Crippen LogP contribution in [0.4, 0.5) is 0 Å². The molecule has 1 aromatic carbocycles. The molecule has 24 heavy (non-hydrogen) atoms. The van der Waals surface area contributed by atoms with Gasteiger partial charge in [-0.2, -0.15) is 0 Å². The highest BCUT2D eigenvalue weighted by molar-refractivity contribution is 6.06. The standard InChI is InChI=1S/C19H22N4O/c1-4-15(11-23-9-8-20-12-23)22-19(24)17-10-14(3)21-18-13(2)6-5-7-16(17)18/h5-10,12,15H,4,11H2,1-3H3,(H,22,24)/t15-/m0/s1.